The maximum Gasteiger partial charge on any atom is 0.246 e. The molecule has 27 nitrogen and oxygen atoms in total. The Balaban J connectivity index is 0.000000126. The number of anilines is 1. The van der Waals surface area contributed by atoms with Crippen LogP contribution in [0.2, 0.25) is 0 Å². The molecule has 0 atom stereocenters. The van der Waals surface area contributed by atoms with E-state index in [0.717, 1.165) is 42.9 Å². The summed E-state index contributed by atoms with van der Waals surface area (Å²) in [6.45, 7) is 4.09. The van der Waals surface area contributed by atoms with Crippen LogP contribution >= 0.6 is 11.3 Å². The molecule has 36 heteroatoms. The molecule has 7 aromatic heterocycles. The van der Waals surface area contributed by atoms with E-state index in [2.05, 4.69) is 60.3 Å². The number of thiazole rings is 1. The highest BCUT2D eigenvalue weighted by Gasteiger charge is 2.33. The average Bonchev–Trinajstić information content (AvgIpc) is 1.66. The fourth-order valence-corrected chi connectivity index (χ4v) is 16.7. The lowest BCUT2D eigenvalue weighted by atomic mass is 9.96. The Labute approximate surface area is 778 Å². The number of carbonyl (C=O) groups is 5. The van der Waals surface area contributed by atoms with Crippen molar-refractivity contribution >= 4 is 46.6 Å². The largest absolute Gasteiger partial charge is 0.474 e. The topological polar surface area (TPSA) is 285 Å². The zero-order valence-corrected chi connectivity index (χ0v) is 73.7. The van der Waals surface area contributed by atoms with Gasteiger partial charge in [0.2, 0.25) is 35.4 Å². The lowest BCUT2D eigenvalue weighted by Crippen LogP contribution is -2.53. The number of benzene rings is 9. The minimum Gasteiger partial charge on any atom is -0.474 e. The van der Waals surface area contributed by atoms with E-state index in [1.807, 2.05) is 63.8 Å². The number of piperidine rings is 2. The molecule has 20 rings (SSSR count). The molecule has 4 aliphatic heterocycles. The van der Waals surface area contributed by atoms with E-state index in [4.69, 9.17) is 4.74 Å². The van der Waals surface area contributed by atoms with Gasteiger partial charge in [-0.05, 0) is 231 Å². The molecule has 5 amide bonds. The predicted molar refractivity (Wildman–Crippen MR) is 490 cm³/mol. The first-order valence-electron chi connectivity index (χ1n) is 43.8. The summed E-state index contributed by atoms with van der Waals surface area (Å²) in [5.74, 6) is 1.08. The number of hydrogen-bond acceptors (Lipinski definition) is 19. The van der Waals surface area contributed by atoms with Gasteiger partial charge < -0.3 is 29.2 Å². The van der Waals surface area contributed by atoms with E-state index in [9.17, 15) is 59.1 Å². The van der Waals surface area contributed by atoms with Crippen LogP contribution in [0.4, 0.5) is 40.8 Å². The number of para-hydroxylation sites is 1. The Morgan fingerprint density at radius 1 is 0.331 bits per heavy atom. The molecule has 9 aromatic carbocycles. The summed E-state index contributed by atoms with van der Waals surface area (Å²) >= 11 is 1.63. The van der Waals surface area contributed by atoms with E-state index in [1.54, 1.807) is 143 Å². The van der Waals surface area contributed by atoms with Crippen LogP contribution in [-0.4, -0.2) is 193 Å². The SMILES string of the molecule is O=C(Cn1nc(-c2ccc(F)cc2)nc1-c1ccc(F)cc1)N1CCC(Oc2ccccn2)CC1.O=C(Cn1nc(-c2ccc(F)cc2)nc1-c1ccc(F)cc1)N1CCC(c2ncccn2)CC1.O=C(Cn1nc(-c2ccc(F)cc2)nc1-c1ccc(F)cc1)N1CCN(c2ccccc2)C(=O)C1.O=C(Cn1nc(-c2ccc(F)cc2)nc1-c1ccc(F)cc1)N1CCc2ncsc2CC1. The molecule has 0 radical (unpaired) electrons. The minimum atomic E-state index is -0.399. The van der Waals surface area contributed by atoms with Crippen molar-refractivity contribution in [2.75, 3.05) is 63.8 Å². The summed E-state index contributed by atoms with van der Waals surface area (Å²) in [4.78, 5) is 111. The molecule has 16 aromatic rings. The number of nitrogens with zero attached hydrogens (tertiary/aromatic N) is 21. The van der Waals surface area contributed by atoms with Crippen LogP contribution in [0.5, 0.6) is 5.88 Å². The van der Waals surface area contributed by atoms with Crippen molar-refractivity contribution in [2.45, 2.75) is 76.7 Å². The first-order chi connectivity index (χ1) is 66.1. The first-order valence-corrected chi connectivity index (χ1v) is 44.6. The number of halogens is 8. The third kappa shape index (κ3) is 23.0. The van der Waals surface area contributed by atoms with Gasteiger partial charge in [-0.2, -0.15) is 0 Å². The van der Waals surface area contributed by atoms with Crippen LogP contribution in [-0.2, 0) is 63.0 Å². The van der Waals surface area contributed by atoms with Crippen molar-refractivity contribution in [2.24, 2.45) is 0 Å². The Kier molecular flexibility index (Phi) is 28.8. The molecule has 688 valence electrons. The predicted octanol–water partition coefficient (Wildman–Crippen LogP) is 16.2. The van der Waals surface area contributed by atoms with Gasteiger partial charge in [-0.1, -0.05) is 24.3 Å². The molecule has 11 heterocycles. The van der Waals surface area contributed by atoms with Gasteiger partial charge in [-0.25, -0.2) is 93.7 Å². The smallest absolute Gasteiger partial charge is 0.246 e. The van der Waals surface area contributed by atoms with Gasteiger partial charge in [-0.3, -0.25) is 24.0 Å². The molecule has 3 fully saturated rings. The highest BCUT2D eigenvalue weighted by Crippen LogP contribution is 2.33. The zero-order chi connectivity index (χ0) is 94.1. The first kappa shape index (κ1) is 91.9. The van der Waals surface area contributed by atoms with Crippen molar-refractivity contribution in [3.05, 3.63) is 336 Å². The van der Waals surface area contributed by atoms with E-state index < -0.39 is 5.82 Å². The van der Waals surface area contributed by atoms with Crippen molar-refractivity contribution in [1.29, 1.82) is 0 Å². The molecule has 0 unspecified atom stereocenters. The number of fused-ring (bicyclic) bond motifs is 1. The van der Waals surface area contributed by atoms with Crippen molar-refractivity contribution in [3.8, 4) is 97.0 Å². The maximum atomic E-state index is 13.5. The van der Waals surface area contributed by atoms with E-state index >= 15 is 0 Å². The number of ether oxygens (including phenoxy) is 1. The lowest BCUT2D eigenvalue weighted by molar-refractivity contribution is -0.137. The van der Waals surface area contributed by atoms with Crippen LogP contribution in [0.1, 0.15) is 48.0 Å². The molecule has 0 saturated carbocycles. The van der Waals surface area contributed by atoms with Gasteiger partial charge in [0.25, 0.3) is 0 Å². The quantitative estimate of drug-likeness (QED) is 0.0641. The van der Waals surface area contributed by atoms with Crippen LogP contribution in [0.3, 0.4) is 0 Å². The van der Waals surface area contributed by atoms with Crippen LogP contribution < -0.4 is 9.64 Å². The highest BCUT2D eigenvalue weighted by molar-refractivity contribution is 7.09. The van der Waals surface area contributed by atoms with Crippen LogP contribution in [0, 0.1) is 46.5 Å². The number of carbonyl (C=O) groups excluding carboxylic acids is 5. The van der Waals surface area contributed by atoms with E-state index in [1.165, 1.54) is 126 Å². The van der Waals surface area contributed by atoms with Gasteiger partial charge in [0, 0.05) is 164 Å². The molecular formula is C100H85F8N21O6S. The molecule has 0 aliphatic carbocycles. The van der Waals surface area contributed by atoms with Crippen LogP contribution in [0.25, 0.3) is 91.1 Å². The number of hydrogen-bond donors (Lipinski definition) is 0. The Morgan fingerprint density at radius 3 is 1.02 bits per heavy atom. The number of rotatable bonds is 20. The molecule has 4 aliphatic rings. The van der Waals surface area contributed by atoms with Gasteiger partial charge >= 0.3 is 0 Å². The second-order valence-electron chi connectivity index (χ2n) is 32.1. The molecule has 0 spiro atoms. The maximum absolute atomic E-state index is 13.5. The second kappa shape index (κ2) is 42.7. The molecule has 3 saturated heterocycles. The fourth-order valence-electron chi connectivity index (χ4n) is 15.9. The average molecular weight is 1860 g/mol. The third-order valence-corrected chi connectivity index (χ3v) is 24.0. The van der Waals surface area contributed by atoms with Crippen molar-refractivity contribution < 1.29 is 63.8 Å². The summed E-state index contributed by atoms with van der Waals surface area (Å²) in [5.41, 5.74) is 8.64. The van der Waals surface area contributed by atoms with E-state index in [0.29, 0.717) is 162 Å². The van der Waals surface area contributed by atoms with Gasteiger partial charge in [0.05, 0.1) is 11.2 Å². The number of piperazine rings is 1. The number of aromatic nitrogens is 16. The number of pyridine rings is 1. The Hall–Kier alpha value is -16.0. The normalized spacial score (nSPS) is 14.0. The minimum absolute atomic E-state index is 0.000162. The van der Waals surface area contributed by atoms with Crippen LogP contribution in [0.15, 0.2) is 273 Å². The summed E-state index contributed by atoms with van der Waals surface area (Å²) < 4.78 is 119. The monoisotopic (exact) mass is 1860 g/mol. The summed E-state index contributed by atoms with van der Waals surface area (Å²) in [6.07, 6.45) is 9.65. The van der Waals surface area contributed by atoms with Gasteiger partial charge in [0.1, 0.15) is 91.2 Å². The third-order valence-electron chi connectivity index (χ3n) is 23.1. The molecule has 0 bridgehead atoms. The van der Waals surface area contributed by atoms with E-state index in [-0.39, 0.29) is 115 Å². The van der Waals surface area contributed by atoms with Gasteiger partial charge in [-0.15, -0.1) is 31.7 Å². The summed E-state index contributed by atoms with van der Waals surface area (Å²) in [7, 11) is 0. The molecule has 136 heavy (non-hydrogen) atoms. The fraction of sp³-hybridized carbons (Fsp3) is 0.210. The van der Waals surface area contributed by atoms with Gasteiger partial charge in [0.15, 0.2) is 46.6 Å². The Bertz CT molecular complexity index is 6770. The zero-order valence-electron chi connectivity index (χ0n) is 72.8. The Morgan fingerprint density at radius 2 is 0.662 bits per heavy atom. The summed E-state index contributed by atoms with van der Waals surface area (Å²) in [6, 6.07) is 63.2. The molecule has 0 N–H and O–H groups in total. The molecular weight excluding hydrogens is 1780 g/mol. The highest BCUT2D eigenvalue weighted by atomic mass is 32.1. The van der Waals surface area contributed by atoms with Crippen molar-refractivity contribution in [3.63, 3.8) is 0 Å². The number of amides is 5. The number of likely N-dealkylation sites (tertiary alicyclic amines) is 2. The van der Waals surface area contributed by atoms with Crippen molar-refractivity contribution in [1.82, 2.24) is 98.6 Å². The lowest BCUT2D eigenvalue weighted by Gasteiger charge is -2.34. The second-order valence-corrected chi connectivity index (χ2v) is 33.1. The summed E-state index contributed by atoms with van der Waals surface area (Å²) in [5, 5.41) is 18.1. The standard InChI is InChI=1S/C26H23F2N5O2.C26H21F2N5O2.C25H22F2N6O.C23H19F2N5OS/c27-20-8-4-18(5-9-20)25-30-26(19-6-10-21(28)11-7-19)33(31-25)17-24(34)32-15-12-22(13-16-32)35-23-3-1-2-14-29-23;27-20-10-6-18(7-11-20)25-29-26(19-8-12-21(28)13-9-19)33(30-25)17-23(34)31-14-15-32(24(35)16-31)22-4-2-1-3-5-22;26-20-6-2-17(3-7-20)24-30-25(19-4-8-21(27)9-5-19)33(31-24)16-22(34)32-14-10-18(11-15-32)23-28-12-1-13-29-23;24-17-5-1-15(2-6-17)22-27-23(16-3-7-18(25)8-4-16)30(28-22)13-21(31)29-11-9-19-20(10-12-29)32-14-26-19/h1-11,14,22H,12-13,15-17H2;1-13H,14-17H2;1-9,12-13,18H,10-11,14-16H2;1-8,14H,9-13H2.